The number of aromatic hydroxyl groups is 2. The van der Waals surface area contributed by atoms with Gasteiger partial charge in [-0.15, -0.1) is 0 Å². The van der Waals surface area contributed by atoms with E-state index in [0.717, 1.165) is 6.54 Å². The number of piperidine rings is 1. The number of nitrogens with one attached hydrogen (secondary N) is 2. The maximum Gasteiger partial charge on any atom is 0.336 e. The molecule has 4 aliphatic rings. The van der Waals surface area contributed by atoms with Gasteiger partial charge in [0, 0.05) is 112 Å². The maximum absolute atomic E-state index is 15.1. The Morgan fingerprint density at radius 1 is 0.986 bits per heavy atom. The van der Waals surface area contributed by atoms with Crippen LogP contribution in [0.2, 0.25) is 0 Å². The highest BCUT2D eigenvalue weighted by molar-refractivity contribution is 6.20. The predicted octanol–water partition coefficient (Wildman–Crippen LogP) is 4.74. The number of allylic oxidation sites excluding steroid dienone is 2. The van der Waals surface area contributed by atoms with Crippen LogP contribution in [0.3, 0.4) is 0 Å². The van der Waals surface area contributed by atoms with Crippen LogP contribution >= 0.6 is 0 Å². The number of Topliss-reactive ketones (excluding diaryl/α,β-unsaturated/α-hetero) is 1. The Bertz CT molecular complexity index is 2620. The van der Waals surface area contributed by atoms with Gasteiger partial charge in [0.1, 0.15) is 28.6 Å². The fourth-order valence-corrected chi connectivity index (χ4v) is 10.2. The number of carbonyl (C=O) groups excluding carboxylic acids is 4. The van der Waals surface area contributed by atoms with E-state index in [0.29, 0.717) is 44.9 Å². The minimum absolute atomic E-state index is 0.0290. The van der Waals surface area contributed by atoms with Crippen molar-refractivity contribution in [1.29, 1.82) is 0 Å². The van der Waals surface area contributed by atoms with Crippen molar-refractivity contribution < 1.29 is 58.6 Å². The number of methoxy groups -OCH3 is 1. The molecule has 0 saturated carbocycles. The minimum Gasteiger partial charge on any atom is -0.507 e. The molecule has 4 heterocycles. The molecule has 4 bridgehead atoms. The van der Waals surface area contributed by atoms with Gasteiger partial charge in [-0.05, 0) is 46.4 Å². The first-order chi connectivity index (χ1) is 34.0. The van der Waals surface area contributed by atoms with Gasteiger partial charge in [-0.25, -0.2) is 0 Å². The number of nitrogens with zero attached hydrogens (tertiary/aromatic N) is 4. The van der Waals surface area contributed by atoms with Crippen LogP contribution in [0.15, 0.2) is 58.8 Å². The van der Waals surface area contributed by atoms with Gasteiger partial charge in [-0.1, -0.05) is 66.3 Å². The van der Waals surface area contributed by atoms with E-state index in [1.807, 2.05) is 19.0 Å². The van der Waals surface area contributed by atoms with Crippen molar-refractivity contribution in [2.24, 2.45) is 39.6 Å². The molecule has 6 rings (SSSR count). The van der Waals surface area contributed by atoms with Crippen LogP contribution < -0.4 is 26.1 Å². The van der Waals surface area contributed by atoms with Crippen LogP contribution in [-0.2, 0) is 28.6 Å². The van der Waals surface area contributed by atoms with Gasteiger partial charge in [-0.3, -0.25) is 29.2 Å². The number of hydrogen-bond acceptors (Lipinski definition) is 16. The van der Waals surface area contributed by atoms with Crippen molar-refractivity contribution in [1.82, 2.24) is 15.1 Å². The molecule has 0 aliphatic carbocycles. The van der Waals surface area contributed by atoms with Crippen molar-refractivity contribution >= 4 is 40.0 Å². The summed E-state index contributed by atoms with van der Waals surface area (Å²) in [5.74, 6) is -7.58. The van der Waals surface area contributed by atoms with E-state index in [1.165, 1.54) is 32.4 Å². The van der Waals surface area contributed by atoms with E-state index in [1.54, 1.807) is 52.8 Å². The van der Waals surface area contributed by atoms with E-state index >= 15 is 4.79 Å². The molecule has 1 saturated heterocycles. The normalized spacial score (nSPS) is 29.4. The van der Waals surface area contributed by atoms with Crippen molar-refractivity contribution in [2.75, 3.05) is 59.2 Å². The Hall–Kier alpha value is -5.66. The third-order valence-corrected chi connectivity index (χ3v) is 14.6. The molecule has 72 heavy (non-hydrogen) atoms. The zero-order chi connectivity index (χ0) is 53.0. The fraction of sp³-hybridized carbons (Fsp3) is 0.593. The lowest BCUT2D eigenvalue weighted by Gasteiger charge is -2.38. The molecule has 1 fully saturated rings. The number of ether oxygens (including phenoxy) is 4. The average molecular weight is 1000 g/mol. The monoisotopic (exact) mass is 1000 g/mol. The van der Waals surface area contributed by atoms with Gasteiger partial charge >= 0.3 is 11.8 Å². The van der Waals surface area contributed by atoms with Crippen molar-refractivity contribution in [2.45, 2.75) is 123 Å². The summed E-state index contributed by atoms with van der Waals surface area (Å²) in [4.78, 5) is 69.8. The molecule has 4 aliphatic heterocycles. The number of aliphatic hydroxyl groups excluding tert-OH is 2. The quantitative estimate of drug-likeness (QED) is 0.0957. The summed E-state index contributed by atoms with van der Waals surface area (Å²) in [5, 5.41) is 53.7. The second-order valence-corrected chi connectivity index (χ2v) is 20.8. The molecule has 2 aromatic carbocycles. The molecule has 18 heteroatoms. The predicted molar refractivity (Wildman–Crippen MR) is 272 cm³/mol. The Morgan fingerprint density at radius 2 is 1.67 bits per heavy atom. The highest BCUT2D eigenvalue weighted by Crippen LogP contribution is 2.50. The van der Waals surface area contributed by atoms with Gasteiger partial charge in [0.15, 0.2) is 11.4 Å². The summed E-state index contributed by atoms with van der Waals surface area (Å²) in [6, 6.07) is 0. The van der Waals surface area contributed by atoms with Gasteiger partial charge in [0.05, 0.1) is 40.9 Å². The molecular formula is C54H76N6O12. The SMILES string of the molecule is C=C[C@@]12O/C=C/[C@H](OC)[C@@H](C)[C@@H](OC(=O)CCCC(=O)NCCN(C)C)[C@H](C)[C@H](O)[C@H](C)[C@@H](O)[C@@H](C)/C=C/C=C(/C)C(=O)Nc3c(O)c4c(O)c(C)c(c(c4c4c3=NC3(CCN(CC(C)C)CC3)N=4)C1=O)O2. The zero-order valence-electron chi connectivity index (χ0n) is 43.8. The van der Waals surface area contributed by atoms with Gasteiger partial charge in [0.2, 0.25) is 5.91 Å². The van der Waals surface area contributed by atoms with Gasteiger partial charge in [0.25, 0.3) is 11.7 Å². The number of hydrogen-bond donors (Lipinski definition) is 6. The lowest BCUT2D eigenvalue weighted by atomic mass is 9.78. The number of aliphatic hydroxyl groups is 2. The summed E-state index contributed by atoms with van der Waals surface area (Å²) in [5.41, 5.74) is -0.803. The molecule has 0 radical (unpaired) electrons. The first kappa shape index (κ1) is 55.7. The van der Waals surface area contributed by atoms with Crippen molar-refractivity contribution in [3.8, 4) is 17.2 Å². The third kappa shape index (κ3) is 11.6. The van der Waals surface area contributed by atoms with Crippen LogP contribution in [0, 0.1) is 36.5 Å². The Morgan fingerprint density at radius 3 is 2.31 bits per heavy atom. The molecule has 2 aromatic rings. The van der Waals surface area contributed by atoms with E-state index in [9.17, 15) is 34.8 Å². The number of benzene rings is 2. The number of phenolic OH excluding ortho intramolecular Hbond substituents is 2. The molecule has 6 N–H and O–H groups in total. The van der Waals surface area contributed by atoms with Crippen LogP contribution in [0.1, 0.15) is 96.5 Å². The zero-order valence-corrected chi connectivity index (χ0v) is 43.8. The standard InChI is InChI=1S/C54H76N6O12/c1-13-54-51(67)41-39-40(47(65)35(9)50(41)72-54)48(66)44(43-42(39)57-53(58-43)21-24-60(25-22-53)28-29(2)3)56-52(68)31(5)17-14-16-30(4)45(63)33(7)46(64)34(8)49(32(6)36(69-12)20-27-70-54)71-38(62)19-15-18-37(61)55-23-26-59(10)11/h13-14,16-17,20,27,29-30,32-34,36,45-46,49,63-66H,1,15,18-19,21-26,28H2,2-12H3,(H,55,61)(H,56,68)/b16-14+,27-20+,31-17-/t30-,32+,33+,34+,36-,45-,46+,49+,54-/m0/s1. The number of likely N-dealkylation sites (tertiary alicyclic amines) is 1. The van der Waals surface area contributed by atoms with Crippen LogP contribution in [0.4, 0.5) is 5.69 Å². The van der Waals surface area contributed by atoms with Crippen LogP contribution in [-0.4, -0.2) is 144 Å². The summed E-state index contributed by atoms with van der Waals surface area (Å²) in [6.07, 6.45) is 5.87. The Balaban J connectivity index is 1.44. The van der Waals surface area contributed by atoms with Crippen molar-refractivity contribution in [3.63, 3.8) is 0 Å². The van der Waals surface area contributed by atoms with E-state index < -0.39 is 88.7 Å². The van der Waals surface area contributed by atoms with Crippen molar-refractivity contribution in [3.05, 3.63) is 70.6 Å². The molecule has 394 valence electrons. The Labute approximate surface area is 422 Å². The number of phenols is 2. The summed E-state index contributed by atoms with van der Waals surface area (Å²) < 4.78 is 24.7. The summed E-state index contributed by atoms with van der Waals surface area (Å²) in [7, 11) is 5.25. The maximum atomic E-state index is 15.1. The molecule has 1 spiro atoms. The number of amides is 2. The van der Waals surface area contributed by atoms with E-state index in [2.05, 4.69) is 36.0 Å². The Kier molecular flexibility index (Phi) is 17.8. The molecule has 2 amide bonds. The third-order valence-electron chi connectivity index (χ3n) is 14.6. The van der Waals surface area contributed by atoms with E-state index in [-0.39, 0.29) is 74.8 Å². The van der Waals surface area contributed by atoms with Gasteiger partial charge < -0.3 is 59.8 Å². The number of fused-ring (bicyclic) bond motifs is 1. The summed E-state index contributed by atoms with van der Waals surface area (Å²) >= 11 is 0. The highest BCUT2D eigenvalue weighted by atomic mass is 16.7. The number of carbonyl (C=O) groups is 4. The topological polar surface area (TPSA) is 241 Å². The number of likely N-dealkylation sites (N-methyl/N-ethyl adjacent to an activating group) is 1. The second kappa shape index (κ2) is 23.0. The fourth-order valence-electron chi connectivity index (χ4n) is 10.2. The first-order valence-electron chi connectivity index (χ1n) is 25.1. The number of rotatable bonds is 12. The number of ketones is 1. The largest absolute Gasteiger partial charge is 0.507 e. The van der Waals surface area contributed by atoms with E-state index in [4.69, 9.17) is 28.9 Å². The number of anilines is 1. The van der Waals surface area contributed by atoms with Gasteiger partial charge in [-0.2, -0.15) is 0 Å². The molecular weight excluding hydrogens is 925 g/mol. The second-order valence-electron chi connectivity index (χ2n) is 20.8. The highest BCUT2D eigenvalue weighted by Gasteiger charge is 2.52. The minimum atomic E-state index is -2.20. The smallest absolute Gasteiger partial charge is 0.336 e. The van der Waals surface area contributed by atoms with Crippen LogP contribution in [0.5, 0.6) is 17.2 Å². The lowest BCUT2D eigenvalue weighted by molar-refractivity contribution is -0.163. The molecule has 18 nitrogen and oxygen atoms in total. The molecule has 9 atom stereocenters. The molecule has 0 aromatic heterocycles. The average Bonchev–Trinajstić information content (AvgIpc) is 3.85. The first-order valence-corrected chi connectivity index (χ1v) is 25.1. The van der Waals surface area contributed by atoms with Crippen LogP contribution in [0.25, 0.3) is 10.8 Å². The summed E-state index contributed by atoms with van der Waals surface area (Å²) in [6.45, 7) is 21.6. The lowest BCUT2D eigenvalue weighted by Crippen LogP contribution is -2.46. The molecule has 0 unspecified atom stereocenters. The number of esters is 1.